The molecule has 10 heteroatoms. The van der Waals surface area contributed by atoms with Crippen LogP contribution in [0.1, 0.15) is 5.56 Å². The zero-order chi connectivity index (χ0) is 15.6. The number of halogens is 3. The number of benzene rings is 1. The summed E-state index contributed by atoms with van der Waals surface area (Å²) in [4.78, 5) is 10.8. The summed E-state index contributed by atoms with van der Waals surface area (Å²) in [5.74, 6) is -1.86. The lowest BCUT2D eigenvalue weighted by Crippen LogP contribution is -2.47. The highest BCUT2D eigenvalue weighted by molar-refractivity contribution is 7.90. The zero-order valence-electron chi connectivity index (χ0n) is 9.76. The molecule has 0 fully saturated rings. The first-order chi connectivity index (χ1) is 9.03. The van der Waals surface area contributed by atoms with Crippen LogP contribution in [0, 0.1) is 0 Å². The van der Waals surface area contributed by atoms with Gasteiger partial charge in [-0.25, -0.2) is 8.42 Å². The van der Waals surface area contributed by atoms with Crippen LogP contribution in [-0.4, -0.2) is 36.2 Å². The van der Waals surface area contributed by atoms with E-state index in [0.717, 1.165) is 4.72 Å². The molecular weight excluding hydrogens is 303 g/mol. The van der Waals surface area contributed by atoms with Crippen molar-refractivity contribution in [3.05, 3.63) is 29.8 Å². The largest absolute Gasteiger partial charge is 0.511 e. The standard InChI is InChI=1S/C10H10F3NO5S/c11-10(12,13)20(18,19)14-8(9(16)17)5-6-1-3-7(15)4-2-6/h1-4,8,14-15H,5H2,(H,16,17)/t8-/m1/s1. The Morgan fingerprint density at radius 3 is 2.15 bits per heavy atom. The quantitative estimate of drug-likeness (QED) is 0.747. The third-order valence-corrected chi connectivity index (χ3v) is 3.48. The van der Waals surface area contributed by atoms with E-state index in [2.05, 4.69) is 0 Å². The number of carboxylic acids is 1. The number of phenols is 1. The number of sulfonamides is 1. The molecule has 1 aromatic rings. The number of rotatable bonds is 5. The van der Waals surface area contributed by atoms with Gasteiger partial charge in [-0.15, -0.1) is 0 Å². The van der Waals surface area contributed by atoms with Crippen LogP contribution in [0.25, 0.3) is 0 Å². The average molecular weight is 313 g/mol. The van der Waals surface area contributed by atoms with Crippen molar-refractivity contribution in [3.8, 4) is 5.75 Å². The molecule has 0 amide bonds. The minimum atomic E-state index is -5.75. The van der Waals surface area contributed by atoms with E-state index in [9.17, 15) is 26.4 Å². The van der Waals surface area contributed by atoms with E-state index in [0.29, 0.717) is 0 Å². The Balaban J connectivity index is 2.92. The maximum absolute atomic E-state index is 12.2. The maximum Gasteiger partial charge on any atom is 0.511 e. The minimum Gasteiger partial charge on any atom is -0.508 e. The smallest absolute Gasteiger partial charge is 0.508 e. The van der Waals surface area contributed by atoms with E-state index in [4.69, 9.17) is 10.2 Å². The Morgan fingerprint density at radius 1 is 1.25 bits per heavy atom. The topological polar surface area (TPSA) is 104 Å². The summed E-state index contributed by atoms with van der Waals surface area (Å²) in [5, 5.41) is 17.8. The Labute approximate surface area is 111 Å². The number of aliphatic carboxylic acids is 1. The third-order valence-electron chi connectivity index (χ3n) is 2.28. The Bertz CT molecular complexity index is 582. The number of nitrogens with one attached hydrogen (secondary N) is 1. The van der Waals surface area contributed by atoms with Crippen LogP contribution in [0.15, 0.2) is 24.3 Å². The predicted octanol–water partition coefficient (Wildman–Crippen LogP) is 0.827. The molecule has 0 unspecified atom stereocenters. The summed E-state index contributed by atoms with van der Waals surface area (Å²) in [6, 6.07) is 2.98. The van der Waals surface area contributed by atoms with Crippen molar-refractivity contribution < 1.29 is 36.6 Å². The normalized spacial score (nSPS) is 13.9. The number of hydrogen-bond donors (Lipinski definition) is 3. The molecule has 0 aliphatic carbocycles. The van der Waals surface area contributed by atoms with E-state index in [1.807, 2.05) is 0 Å². The van der Waals surface area contributed by atoms with Gasteiger partial charge in [0.05, 0.1) is 0 Å². The monoisotopic (exact) mass is 313 g/mol. The van der Waals surface area contributed by atoms with Crippen LogP contribution < -0.4 is 4.72 Å². The van der Waals surface area contributed by atoms with Gasteiger partial charge in [0.2, 0.25) is 0 Å². The fourth-order valence-corrected chi connectivity index (χ4v) is 1.99. The highest BCUT2D eigenvalue weighted by Gasteiger charge is 2.47. The van der Waals surface area contributed by atoms with Gasteiger partial charge >= 0.3 is 21.5 Å². The van der Waals surface area contributed by atoms with Gasteiger partial charge in [-0.2, -0.15) is 17.9 Å². The summed E-state index contributed by atoms with van der Waals surface area (Å²) in [6.07, 6.45) is -0.495. The second kappa shape index (κ2) is 5.67. The van der Waals surface area contributed by atoms with Crippen LogP contribution in [0.4, 0.5) is 13.2 Å². The van der Waals surface area contributed by atoms with Gasteiger partial charge in [-0.3, -0.25) is 4.79 Å². The third kappa shape index (κ3) is 4.10. The van der Waals surface area contributed by atoms with E-state index >= 15 is 0 Å². The summed E-state index contributed by atoms with van der Waals surface area (Å²) >= 11 is 0. The van der Waals surface area contributed by atoms with Gasteiger partial charge in [0, 0.05) is 0 Å². The van der Waals surface area contributed by atoms with E-state index in [1.165, 1.54) is 24.3 Å². The minimum absolute atomic E-state index is 0.114. The van der Waals surface area contributed by atoms with Gasteiger partial charge in [-0.1, -0.05) is 12.1 Å². The molecule has 0 saturated heterocycles. The van der Waals surface area contributed by atoms with Gasteiger partial charge in [-0.05, 0) is 24.1 Å². The van der Waals surface area contributed by atoms with E-state index < -0.39 is 34.0 Å². The molecule has 20 heavy (non-hydrogen) atoms. The van der Waals surface area contributed by atoms with Crippen LogP contribution in [0.2, 0.25) is 0 Å². The average Bonchev–Trinajstić information content (AvgIpc) is 2.29. The number of aromatic hydroxyl groups is 1. The molecule has 1 atom stereocenters. The lowest BCUT2D eigenvalue weighted by molar-refractivity contribution is -0.139. The Hall–Kier alpha value is -1.81. The molecule has 0 aliphatic rings. The number of alkyl halides is 3. The van der Waals surface area contributed by atoms with Crippen LogP contribution in [0.5, 0.6) is 5.75 Å². The number of carboxylic acid groups (broad SMARTS) is 1. The number of hydrogen-bond acceptors (Lipinski definition) is 4. The number of phenolic OH excluding ortho intramolecular Hbond substituents is 1. The molecule has 0 saturated carbocycles. The summed E-state index contributed by atoms with van der Waals surface area (Å²) in [5.41, 5.74) is -5.34. The van der Waals surface area contributed by atoms with Crippen molar-refractivity contribution in [3.63, 3.8) is 0 Å². The molecule has 0 bridgehead atoms. The summed E-state index contributed by atoms with van der Waals surface area (Å²) in [6.45, 7) is 0. The van der Waals surface area contributed by atoms with Crippen LogP contribution in [-0.2, 0) is 21.2 Å². The second-order valence-corrected chi connectivity index (χ2v) is 5.53. The van der Waals surface area contributed by atoms with Gasteiger partial charge in [0.1, 0.15) is 11.8 Å². The number of carbonyl (C=O) groups is 1. The lowest BCUT2D eigenvalue weighted by atomic mass is 10.1. The van der Waals surface area contributed by atoms with Gasteiger partial charge in [0.15, 0.2) is 0 Å². The molecule has 0 radical (unpaired) electrons. The molecule has 1 aromatic carbocycles. The van der Waals surface area contributed by atoms with Crippen molar-refractivity contribution in [1.29, 1.82) is 0 Å². The first kappa shape index (κ1) is 16.2. The molecular formula is C10H10F3NO5S. The first-order valence-electron chi connectivity index (χ1n) is 5.12. The van der Waals surface area contributed by atoms with Crippen molar-refractivity contribution in [2.75, 3.05) is 0 Å². The Morgan fingerprint density at radius 2 is 1.75 bits per heavy atom. The maximum atomic E-state index is 12.2. The molecule has 0 spiro atoms. The molecule has 0 heterocycles. The van der Waals surface area contributed by atoms with Gasteiger partial charge < -0.3 is 10.2 Å². The van der Waals surface area contributed by atoms with E-state index in [-0.39, 0.29) is 11.3 Å². The SMILES string of the molecule is O=C(O)[C@@H](Cc1ccc(O)cc1)NS(=O)(=O)C(F)(F)F. The second-order valence-electron chi connectivity index (χ2n) is 3.83. The Kier molecular flexibility index (Phi) is 4.61. The van der Waals surface area contributed by atoms with Crippen molar-refractivity contribution in [2.24, 2.45) is 0 Å². The molecule has 3 N–H and O–H groups in total. The molecule has 0 aliphatic heterocycles. The van der Waals surface area contributed by atoms with E-state index in [1.54, 1.807) is 0 Å². The van der Waals surface area contributed by atoms with Gasteiger partial charge in [0.25, 0.3) is 0 Å². The lowest BCUT2D eigenvalue weighted by Gasteiger charge is -2.16. The zero-order valence-corrected chi connectivity index (χ0v) is 10.6. The molecule has 1 rings (SSSR count). The van der Waals surface area contributed by atoms with Crippen LogP contribution >= 0.6 is 0 Å². The molecule has 6 nitrogen and oxygen atoms in total. The van der Waals surface area contributed by atoms with Crippen LogP contribution in [0.3, 0.4) is 0 Å². The highest BCUT2D eigenvalue weighted by Crippen LogP contribution is 2.22. The van der Waals surface area contributed by atoms with Crippen molar-refractivity contribution >= 4 is 16.0 Å². The fraction of sp³-hybridized carbons (Fsp3) is 0.300. The first-order valence-corrected chi connectivity index (χ1v) is 6.60. The van der Waals surface area contributed by atoms with Crippen molar-refractivity contribution in [1.82, 2.24) is 4.72 Å². The summed E-state index contributed by atoms with van der Waals surface area (Å²) in [7, 11) is -5.75. The fourth-order valence-electron chi connectivity index (χ4n) is 1.30. The molecule has 112 valence electrons. The highest BCUT2D eigenvalue weighted by atomic mass is 32.2. The predicted molar refractivity (Wildman–Crippen MR) is 61.3 cm³/mol. The molecule has 0 aromatic heterocycles. The van der Waals surface area contributed by atoms with Crippen molar-refractivity contribution in [2.45, 2.75) is 18.0 Å². The summed E-state index contributed by atoms with van der Waals surface area (Å²) < 4.78 is 59.3.